The molecule has 4 nitrogen and oxygen atoms in total. The highest BCUT2D eigenvalue weighted by atomic mass is 35.5. The summed E-state index contributed by atoms with van der Waals surface area (Å²) in [7, 11) is -2.33. The Balaban J connectivity index is 2.15. The van der Waals surface area contributed by atoms with Crippen LogP contribution in [-0.2, 0) is 10.0 Å². The molecule has 3 aromatic rings. The number of methoxy groups -OCH3 is 1. The van der Waals surface area contributed by atoms with Crippen molar-refractivity contribution in [3.8, 4) is 5.75 Å². The highest BCUT2D eigenvalue weighted by Gasteiger charge is 2.31. The van der Waals surface area contributed by atoms with Crippen molar-refractivity contribution in [1.82, 2.24) is 0 Å². The van der Waals surface area contributed by atoms with Crippen molar-refractivity contribution in [1.29, 1.82) is 0 Å². The van der Waals surface area contributed by atoms with Crippen LogP contribution in [0.5, 0.6) is 5.75 Å². The van der Waals surface area contributed by atoms with Gasteiger partial charge in [0.15, 0.2) is 0 Å². The lowest BCUT2D eigenvalue weighted by molar-refractivity contribution is 0.415. The van der Waals surface area contributed by atoms with Gasteiger partial charge in [0.25, 0.3) is 10.0 Å². The molecule has 0 spiro atoms. The topological polar surface area (TPSA) is 46.6 Å². The average molecular weight is 450 g/mol. The monoisotopic (exact) mass is 449 g/mol. The number of hydrogen-bond donors (Lipinski definition) is 0. The Hall–Kier alpha value is -2.21. The highest BCUT2D eigenvalue weighted by molar-refractivity contribution is 7.92. The van der Waals surface area contributed by atoms with Crippen molar-refractivity contribution in [2.45, 2.75) is 24.8 Å². The van der Waals surface area contributed by atoms with Crippen LogP contribution in [0.3, 0.4) is 0 Å². The molecule has 0 bridgehead atoms. The summed E-state index contributed by atoms with van der Waals surface area (Å²) in [6.45, 7) is 3.66. The summed E-state index contributed by atoms with van der Waals surface area (Å²) < 4.78 is 33.9. The third-order valence-electron chi connectivity index (χ3n) is 4.73. The molecule has 152 valence electrons. The first-order chi connectivity index (χ1) is 13.7. The van der Waals surface area contributed by atoms with Crippen LogP contribution in [0.25, 0.3) is 0 Å². The van der Waals surface area contributed by atoms with Crippen molar-refractivity contribution >= 4 is 38.9 Å². The third-order valence-corrected chi connectivity index (χ3v) is 7.28. The van der Waals surface area contributed by atoms with Gasteiger partial charge in [-0.2, -0.15) is 0 Å². The molecular formula is C22H21Cl2NO3S. The number of hydrogen-bond acceptors (Lipinski definition) is 3. The van der Waals surface area contributed by atoms with E-state index in [2.05, 4.69) is 0 Å². The normalized spacial score (nSPS) is 12.4. The van der Waals surface area contributed by atoms with Gasteiger partial charge in [-0.05, 0) is 73.5 Å². The number of aryl methyl sites for hydroxylation is 1. The number of sulfonamides is 1. The van der Waals surface area contributed by atoms with Gasteiger partial charge in [-0.15, -0.1) is 0 Å². The summed E-state index contributed by atoms with van der Waals surface area (Å²) in [5.41, 5.74) is 2.14. The van der Waals surface area contributed by atoms with E-state index in [1.807, 2.05) is 26.0 Å². The molecule has 0 aliphatic rings. The third kappa shape index (κ3) is 4.53. The Morgan fingerprint density at radius 2 is 1.55 bits per heavy atom. The summed E-state index contributed by atoms with van der Waals surface area (Å²) in [6.07, 6.45) is 0. The van der Waals surface area contributed by atoms with Crippen LogP contribution < -0.4 is 9.04 Å². The molecule has 3 rings (SSSR count). The lowest BCUT2D eigenvalue weighted by Gasteiger charge is -2.31. The van der Waals surface area contributed by atoms with Crippen LogP contribution >= 0.6 is 23.2 Å². The van der Waals surface area contributed by atoms with Gasteiger partial charge in [0.1, 0.15) is 5.75 Å². The van der Waals surface area contributed by atoms with Gasteiger partial charge in [-0.1, -0.05) is 41.4 Å². The molecule has 0 radical (unpaired) electrons. The molecule has 0 N–H and O–H groups in total. The minimum atomic E-state index is -3.90. The number of nitrogens with zero attached hydrogens (tertiary/aromatic N) is 1. The van der Waals surface area contributed by atoms with E-state index in [0.29, 0.717) is 21.5 Å². The first-order valence-electron chi connectivity index (χ1n) is 8.94. The van der Waals surface area contributed by atoms with Crippen LogP contribution in [0, 0.1) is 6.92 Å². The van der Waals surface area contributed by atoms with Crippen LogP contribution in [0.1, 0.15) is 24.1 Å². The van der Waals surface area contributed by atoms with Crippen molar-refractivity contribution in [2.24, 2.45) is 0 Å². The molecular weight excluding hydrogens is 429 g/mol. The Morgan fingerprint density at radius 1 is 0.931 bits per heavy atom. The summed E-state index contributed by atoms with van der Waals surface area (Å²) in [4.78, 5) is 0.129. The van der Waals surface area contributed by atoms with Gasteiger partial charge in [0.05, 0.1) is 23.7 Å². The van der Waals surface area contributed by atoms with Gasteiger partial charge < -0.3 is 4.74 Å². The smallest absolute Gasteiger partial charge is 0.264 e. The molecule has 1 unspecified atom stereocenters. The van der Waals surface area contributed by atoms with E-state index in [0.717, 1.165) is 11.1 Å². The fourth-order valence-corrected chi connectivity index (χ4v) is 5.07. The first-order valence-corrected chi connectivity index (χ1v) is 11.1. The lowest BCUT2D eigenvalue weighted by atomic mass is 10.1. The minimum Gasteiger partial charge on any atom is -0.497 e. The van der Waals surface area contributed by atoms with Crippen LogP contribution in [0.2, 0.25) is 10.0 Å². The number of ether oxygens (including phenoxy) is 1. The molecule has 0 fully saturated rings. The number of anilines is 1. The quantitative estimate of drug-likeness (QED) is 0.445. The Bertz CT molecular complexity index is 1100. The van der Waals surface area contributed by atoms with E-state index in [1.165, 1.54) is 10.4 Å². The van der Waals surface area contributed by atoms with Gasteiger partial charge >= 0.3 is 0 Å². The highest BCUT2D eigenvalue weighted by Crippen LogP contribution is 2.35. The number of rotatable bonds is 6. The predicted octanol–water partition coefficient (Wildman–Crippen LogP) is 6.27. The second-order valence-electron chi connectivity index (χ2n) is 6.64. The molecule has 3 aromatic carbocycles. The second kappa shape index (κ2) is 8.66. The van der Waals surface area contributed by atoms with Gasteiger partial charge in [-0.25, -0.2) is 8.42 Å². The van der Waals surface area contributed by atoms with Crippen molar-refractivity contribution in [3.05, 3.63) is 87.9 Å². The molecule has 7 heteroatoms. The molecule has 0 aliphatic heterocycles. The summed E-state index contributed by atoms with van der Waals surface area (Å²) >= 11 is 12.2. The van der Waals surface area contributed by atoms with E-state index in [9.17, 15) is 8.42 Å². The van der Waals surface area contributed by atoms with E-state index < -0.39 is 16.1 Å². The van der Waals surface area contributed by atoms with Crippen molar-refractivity contribution in [2.75, 3.05) is 11.4 Å². The molecule has 0 aliphatic carbocycles. The zero-order valence-electron chi connectivity index (χ0n) is 16.3. The van der Waals surface area contributed by atoms with Gasteiger partial charge in [0.2, 0.25) is 0 Å². The van der Waals surface area contributed by atoms with E-state index in [-0.39, 0.29) is 4.90 Å². The standard InChI is InChI=1S/C22H21Cl2NO3S/c1-15-4-13-21(14-22(15)24)29(26,27)25(19-9-11-20(28-3)12-10-19)16(2)17-5-7-18(23)8-6-17/h4-14,16H,1-3H3. The van der Waals surface area contributed by atoms with E-state index in [4.69, 9.17) is 27.9 Å². The zero-order valence-corrected chi connectivity index (χ0v) is 18.6. The lowest BCUT2D eigenvalue weighted by Crippen LogP contribution is -2.33. The first kappa shape index (κ1) is 21.5. The molecule has 0 saturated carbocycles. The number of benzene rings is 3. The SMILES string of the molecule is COc1ccc(N(C(C)c2ccc(Cl)cc2)S(=O)(=O)c2ccc(C)c(Cl)c2)cc1. The maximum absolute atomic E-state index is 13.6. The van der Waals surface area contributed by atoms with Gasteiger partial charge in [0, 0.05) is 10.0 Å². The Kier molecular flexibility index (Phi) is 6.42. The molecule has 29 heavy (non-hydrogen) atoms. The maximum atomic E-state index is 13.6. The summed E-state index contributed by atoms with van der Waals surface area (Å²) in [5, 5.41) is 0.991. The fourth-order valence-electron chi connectivity index (χ4n) is 3.02. The molecule has 0 aromatic heterocycles. The molecule has 1 atom stereocenters. The van der Waals surface area contributed by atoms with Crippen molar-refractivity contribution < 1.29 is 13.2 Å². The van der Waals surface area contributed by atoms with Crippen molar-refractivity contribution in [3.63, 3.8) is 0 Å². The van der Waals surface area contributed by atoms with Crippen LogP contribution in [0.4, 0.5) is 5.69 Å². The minimum absolute atomic E-state index is 0.129. The maximum Gasteiger partial charge on any atom is 0.264 e. The number of halogens is 2. The van der Waals surface area contributed by atoms with E-state index >= 15 is 0 Å². The Morgan fingerprint density at radius 3 is 2.10 bits per heavy atom. The fraction of sp³-hybridized carbons (Fsp3) is 0.182. The zero-order chi connectivity index (χ0) is 21.2. The van der Waals surface area contributed by atoms with Crippen LogP contribution in [0.15, 0.2) is 71.6 Å². The summed E-state index contributed by atoms with van der Waals surface area (Å²) in [5.74, 6) is 0.642. The molecule has 0 amide bonds. The average Bonchev–Trinajstić information content (AvgIpc) is 2.71. The second-order valence-corrected chi connectivity index (χ2v) is 9.30. The van der Waals surface area contributed by atoms with Crippen LogP contribution in [-0.4, -0.2) is 15.5 Å². The molecule has 0 saturated heterocycles. The molecule has 0 heterocycles. The predicted molar refractivity (Wildman–Crippen MR) is 119 cm³/mol. The summed E-state index contributed by atoms with van der Waals surface area (Å²) in [6, 6.07) is 18.3. The largest absolute Gasteiger partial charge is 0.497 e. The van der Waals surface area contributed by atoms with Gasteiger partial charge in [-0.3, -0.25) is 4.31 Å². The Labute approximate surface area is 181 Å². The van der Waals surface area contributed by atoms with E-state index in [1.54, 1.807) is 55.6 Å².